The summed E-state index contributed by atoms with van der Waals surface area (Å²) in [6, 6.07) is 0. The third-order valence-corrected chi connectivity index (χ3v) is 2.97. The lowest BCUT2D eigenvalue weighted by atomic mass is 9.97. The van der Waals surface area contributed by atoms with Gasteiger partial charge in [0.2, 0.25) is 5.91 Å². The lowest BCUT2D eigenvalue weighted by molar-refractivity contribution is -0.119. The summed E-state index contributed by atoms with van der Waals surface area (Å²) in [7, 11) is 0. The predicted molar refractivity (Wildman–Crippen MR) is 61.1 cm³/mol. The van der Waals surface area contributed by atoms with Crippen molar-refractivity contribution in [1.82, 2.24) is 15.8 Å². The first-order valence-electron chi connectivity index (χ1n) is 5.84. The van der Waals surface area contributed by atoms with Gasteiger partial charge in [0.1, 0.15) is 5.60 Å². The van der Waals surface area contributed by atoms with Crippen LogP contribution in [0, 0.1) is 0 Å². The van der Waals surface area contributed by atoms with E-state index in [9.17, 15) is 9.59 Å². The van der Waals surface area contributed by atoms with Gasteiger partial charge in [-0.15, -0.1) is 0 Å². The summed E-state index contributed by atoms with van der Waals surface area (Å²) in [5.74, 6) is -0.0176. The number of hydrazine groups is 1. The monoisotopic (exact) mass is 241 g/mol. The van der Waals surface area contributed by atoms with E-state index in [0.717, 1.165) is 6.42 Å². The number of hydrogen-bond acceptors (Lipinski definition) is 4. The van der Waals surface area contributed by atoms with E-state index < -0.39 is 5.60 Å². The Bertz CT molecular complexity index is 350. The maximum atomic E-state index is 11.9. The van der Waals surface area contributed by atoms with Gasteiger partial charge >= 0.3 is 6.09 Å². The molecule has 0 radical (unpaired) electrons. The molecule has 0 bridgehead atoms. The largest absolute Gasteiger partial charge is 0.444 e. The Balaban J connectivity index is 1.94. The Morgan fingerprint density at radius 1 is 1.47 bits per heavy atom. The highest BCUT2D eigenvalue weighted by atomic mass is 16.6. The predicted octanol–water partition coefficient (Wildman–Crippen LogP) is 0.391. The van der Waals surface area contributed by atoms with E-state index in [1.807, 2.05) is 20.8 Å². The van der Waals surface area contributed by atoms with E-state index in [1.54, 1.807) is 4.90 Å². The zero-order valence-corrected chi connectivity index (χ0v) is 10.5. The lowest BCUT2D eigenvalue weighted by Gasteiger charge is -2.26. The zero-order valence-electron chi connectivity index (χ0n) is 10.5. The molecule has 6 heteroatoms. The molecule has 2 N–H and O–H groups in total. The molecule has 0 aromatic heterocycles. The SMILES string of the molecule is CC(C)(C)OC(=O)N1CCC2(CC(=O)NN2)C1. The van der Waals surface area contributed by atoms with Gasteiger partial charge in [-0.1, -0.05) is 0 Å². The van der Waals surface area contributed by atoms with Gasteiger partial charge in [0.15, 0.2) is 0 Å². The van der Waals surface area contributed by atoms with Crippen molar-refractivity contribution in [3.05, 3.63) is 0 Å². The molecule has 2 aliphatic rings. The second kappa shape index (κ2) is 3.87. The van der Waals surface area contributed by atoms with Crippen LogP contribution in [0.25, 0.3) is 0 Å². The van der Waals surface area contributed by atoms with Gasteiger partial charge in [0.05, 0.1) is 5.54 Å². The van der Waals surface area contributed by atoms with Gasteiger partial charge in [-0.3, -0.25) is 10.2 Å². The van der Waals surface area contributed by atoms with Gasteiger partial charge in [0, 0.05) is 19.5 Å². The third kappa shape index (κ3) is 2.69. The molecule has 2 heterocycles. The van der Waals surface area contributed by atoms with Crippen LogP contribution >= 0.6 is 0 Å². The number of rotatable bonds is 0. The minimum Gasteiger partial charge on any atom is -0.444 e. The Morgan fingerprint density at radius 3 is 2.71 bits per heavy atom. The van der Waals surface area contributed by atoms with Crippen molar-refractivity contribution in [2.24, 2.45) is 0 Å². The molecule has 0 aromatic rings. The minimum absolute atomic E-state index is 0.0176. The molecule has 17 heavy (non-hydrogen) atoms. The van der Waals surface area contributed by atoms with Crippen LogP contribution in [0.15, 0.2) is 0 Å². The zero-order chi connectivity index (χ0) is 12.7. The third-order valence-electron chi connectivity index (χ3n) is 2.97. The van der Waals surface area contributed by atoms with Crippen molar-refractivity contribution in [3.8, 4) is 0 Å². The van der Waals surface area contributed by atoms with Crippen LogP contribution in [0.5, 0.6) is 0 Å². The maximum absolute atomic E-state index is 11.9. The Kier molecular flexibility index (Phi) is 2.77. The molecular weight excluding hydrogens is 222 g/mol. The number of nitrogens with zero attached hydrogens (tertiary/aromatic N) is 1. The molecule has 2 saturated heterocycles. The molecule has 0 aliphatic carbocycles. The van der Waals surface area contributed by atoms with Crippen LogP contribution in [0.1, 0.15) is 33.6 Å². The minimum atomic E-state index is -0.482. The van der Waals surface area contributed by atoms with E-state index >= 15 is 0 Å². The number of nitrogens with one attached hydrogen (secondary N) is 2. The first-order valence-corrected chi connectivity index (χ1v) is 5.84. The molecular formula is C11H19N3O3. The summed E-state index contributed by atoms with van der Waals surface area (Å²) in [4.78, 5) is 24.7. The lowest BCUT2D eigenvalue weighted by Crippen LogP contribution is -2.47. The van der Waals surface area contributed by atoms with Gasteiger partial charge in [-0.2, -0.15) is 0 Å². The molecule has 2 aliphatic heterocycles. The summed E-state index contributed by atoms with van der Waals surface area (Å²) in [6.07, 6.45) is 0.882. The first-order chi connectivity index (χ1) is 7.80. The average Bonchev–Trinajstić information content (AvgIpc) is 2.72. The van der Waals surface area contributed by atoms with Crippen molar-refractivity contribution < 1.29 is 14.3 Å². The van der Waals surface area contributed by atoms with Gasteiger partial charge < -0.3 is 9.64 Å². The normalized spacial score (nSPS) is 28.6. The van der Waals surface area contributed by atoms with Gasteiger partial charge in [0.25, 0.3) is 0 Å². The maximum Gasteiger partial charge on any atom is 0.410 e. The first kappa shape index (κ1) is 12.2. The smallest absolute Gasteiger partial charge is 0.410 e. The van der Waals surface area contributed by atoms with Crippen LogP contribution in [-0.2, 0) is 9.53 Å². The molecule has 2 rings (SSSR count). The molecule has 1 atom stereocenters. The van der Waals surface area contributed by atoms with Crippen molar-refractivity contribution in [3.63, 3.8) is 0 Å². The van der Waals surface area contributed by atoms with Crippen LogP contribution in [0.4, 0.5) is 4.79 Å². The summed E-state index contributed by atoms with van der Waals surface area (Å²) >= 11 is 0. The summed E-state index contributed by atoms with van der Waals surface area (Å²) in [5.41, 5.74) is 4.79. The van der Waals surface area contributed by atoms with Crippen molar-refractivity contribution in [1.29, 1.82) is 0 Å². The molecule has 1 spiro atoms. The molecule has 96 valence electrons. The fourth-order valence-corrected chi connectivity index (χ4v) is 2.20. The quantitative estimate of drug-likeness (QED) is 0.643. The summed E-state index contributed by atoms with van der Waals surface area (Å²) < 4.78 is 5.31. The molecule has 0 aromatic carbocycles. The fourth-order valence-electron chi connectivity index (χ4n) is 2.20. The number of carbonyl (C=O) groups is 2. The van der Waals surface area contributed by atoms with Gasteiger partial charge in [-0.05, 0) is 27.2 Å². The van der Waals surface area contributed by atoms with Crippen LogP contribution in [0.2, 0.25) is 0 Å². The highest BCUT2D eigenvalue weighted by Crippen LogP contribution is 2.28. The van der Waals surface area contributed by atoms with E-state index in [4.69, 9.17) is 4.74 Å². The van der Waals surface area contributed by atoms with E-state index in [0.29, 0.717) is 19.5 Å². The Morgan fingerprint density at radius 2 is 2.18 bits per heavy atom. The fraction of sp³-hybridized carbons (Fsp3) is 0.818. The summed E-state index contributed by atoms with van der Waals surface area (Å²) in [6.45, 7) is 6.67. The average molecular weight is 241 g/mol. The standard InChI is InChI=1S/C11H19N3O3/c1-10(2,3)17-9(16)14-5-4-11(7-14)6-8(15)12-13-11/h13H,4-7H2,1-3H3,(H,12,15). The number of carbonyl (C=O) groups excluding carboxylic acids is 2. The topological polar surface area (TPSA) is 70.7 Å². The highest BCUT2D eigenvalue weighted by Gasteiger charge is 2.46. The molecule has 0 saturated carbocycles. The van der Waals surface area contributed by atoms with Crippen molar-refractivity contribution in [2.45, 2.75) is 44.8 Å². The summed E-state index contributed by atoms with van der Waals surface area (Å²) in [5, 5.41) is 0. The van der Waals surface area contributed by atoms with Crippen molar-refractivity contribution in [2.75, 3.05) is 13.1 Å². The van der Waals surface area contributed by atoms with Crippen LogP contribution < -0.4 is 10.9 Å². The number of likely N-dealkylation sites (tertiary alicyclic amines) is 1. The molecule has 2 amide bonds. The van der Waals surface area contributed by atoms with Gasteiger partial charge in [-0.25, -0.2) is 10.2 Å². The highest BCUT2D eigenvalue weighted by molar-refractivity contribution is 5.79. The second-order valence-electron chi connectivity index (χ2n) is 5.78. The van der Waals surface area contributed by atoms with E-state index in [2.05, 4.69) is 10.9 Å². The molecule has 1 unspecified atom stereocenters. The molecule has 6 nitrogen and oxygen atoms in total. The Hall–Kier alpha value is -1.30. The van der Waals surface area contributed by atoms with Crippen LogP contribution in [0.3, 0.4) is 0 Å². The number of ether oxygens (including phenoxy) is 1. The van der Waals surface area contributed by atoms with E-state index in [-0.39, 0.29) is 17.5 Å². The van der Waals surface area contributed by atoms with Crippen molar-refractivity contribution >= 4 is 12.0 Å². The van der Waals surface area contributed by atoms with Crippen LogP contribution in [-0.4, -0.2) is 41.1 Å². The number of hydrogen-bond donors (Lipinski definition) is 2. The van der Waals surface area contributed by atoms with E-state index in [1.165, 1.54) is 0 Å². The Labute approximate surface area is 101 Å². The number of amides is 2. The molecule has 2 fully saturated rings. The second-order valence-corrected chi connectivity index (χ2v) is 5.78.